The number of nitrogens with two attached hydrogens (primary N) is 1. The van der Waals surface area contributed by atoms with E-state index < -0.39 is 23.6 Å². The van der Waals surface area contributed by atoms with Crippen molar-refractivity contribution in [3.8, 4) is 33.8 Å². The predicted octanol–water partition coefficient (Wildman–Crippen LogP) is 6.49. The summed E-state index contributed by atoms with van der Waals surface area (Å²) in [6.07, 6.45) is -7.97. The third-order valence-corrected chi connectivity index (χ3v) is 4.74. The second kappa shape index (κ2) is 8.19. The van der Waals surface area contributed by atoms with Crippen LogP contribution in [0.4, 0.5) is 32.2 Å². The van der Waals surface area contributed by atoms with Crippen LogP contribution in [0.3, 0.4) is 0 Å². The number of halogens is 6. The molecular weight excluding hydrogens is 446 g/mol. The van der Waals surface area contributed by atoms with Gasteiger partial charge in [0.1, 0.15) is 11.5 Å². The standard InChI is InChI=1S/C23H14F6N4/c24-22(25,26)17-6-2-4-14(10-17)18-11-19(23(27,28)29)33-21(32-18)15-5-1-3-13(9-15)16-7-8-20(30)31-12-16/h1-12H,(H2,30,31). The molecule has 0 unspecified atom stereocenters. The van der Waals surface area contributed by atoms with Crippen LogP contribution >= 0.6 is 0 Å². The van der Waals surface area contributed by atoms with Gasteiger partial charge in [-0.05, 0) is 42.0 Å². The molecule has 2 N–H and O–H groups in total. The van der Waals surface area contributed by atoms with Gasteiger partial charge in [-0.2, -0.15) is 26.3 Å². The van der Waals surface area contributed by atoms with Gasteiger partial charge >= 0.3 is 12.4 Å². The summed E-state index contributed by atoms with van der Waals surface area (Å²) in [5.41, 5.74) is 4.48. The van der Waals surface area contributed by atoms with Crippen molar-refractivity contribution < 1.29 is 26.3 Å². The molecule has 0 aliphatic heterocycles. The Balaban J connectivity index is 1.85. The van der Waals surface area contributed by atoms with Crippen LogP contribution in [-0.2, 0) is 12.4 Å². The third kappa shape index (κ3) is 4.94. The molecule has 0 saturated heterocycles. The number of pyridine rings is 1. The zero-order valence-electron chi connectivity index (χ0n) is 16.6. The number of nitrogens with zero attached hydrogens (tertiary/aromatic N) is 3. The summed E-state index contributed by atoms with van der Waals surface area (Å²) >= 11 is 0. The van der Waals surface area contributed by atoms with E-state index in [1.807, 2.05) is 0 Å². The first-order valence-corrected chi connectivity index (χ1v) is 9.47. The molecule has 4 aromatic rings. The molecule has 0 aliphatic rings. The van der Waals surface area contributed by atoms with Crippen molar-refractivity contribution in [3.63, 3.8) is 0 Å². The highest BCUT2D eigenvalue weighted by Gasteiger charge is 2.34. The molecule has 0 saturated carbocycles. The number of hydrogen-bond acceptors (Lipinski definition) is 4. The van der Waals surface area contributed by atoms with Crippen LogP contribution in [0.1, 0.15) is 11.3 Å². The minimum absolute atomic E-state index is 0.113. The number of benzene rings is 2. The molecule has 2 aromatic heterocycles. The highest BCUT2D eigenvalue weighted by molar-refractivity contribution is 5.71. The second-order valence-electron chi connectivity index (χ2n) is 7.09. The van der Waals surface area contributed by atoms with E-state index in [1.165, 1.54) is 18.3 Å². The van der Waals surface area contributed by atoms with Crippen LogP contribution in [0.5, 0.6) is 0 Å². The van der Waals surface area contributed by atoms with Crippen molar-refractivity contribution in [3.05, 3.63) is 84.2 Å². The Morgan fingerprint density at radius 1 is 0.636 bits per heavy atom. The molecule has 4 nitrogen and oxygen atoms in total. The van der Waals surface area contributed by atoms with Crippen molar-refractivity contribution >= 4 is 5.82 Å². The van der Waals surface area contributed by atoms with Crippen LogP contribution < -0.4 is 5.73 Å². The van der Waals surface area contributed by atoms with Gasteiger partial charge in [0, 0.05) is 22.9 Å². The van der Waals surface area contributed by atoms with Gasteiger partial charge in [0.25, 0.3) is 0 Å². The lowest BCUT2D eigenvalue weighted by molar-refractivity contribution is -0.141. The maximum Gasteiger partial charge on any atom is 0.433 e. The summed E-state index contributed by atoms with van der Waals surface area (Å²) in [5, 5.41) is 0. The lowest BCUT2D eigenvalue weighted by Gasteiger charge is -2.13. The fraction of sp³-hybridized carbons (Fsp3) is 0.0870. The number of anilines is 1. The molecule has 168 valence electrons. The van der Waals surface area contributed by atoms with Crippen LogP contribution in [0, 0.1) is 0 Å². The largest absolute Gasteiger partial charge is 0.433 e. The Bertz CT molecular complexity index is 1300. The summed E-state index contributed by atoms with van der Waals surface area (Å²) in [6.45, 7) is 0. The predicted molar refractivity (Wildman–Crippen MR) is 111 cm³/mol. The fourth-order valence-electron chi connectivity index (χ4n) is 3.14. The Kier molecular flexibility index (Phi) is 5.52. The van der Waals surface area contributed by atoms with Gasteiger partial charge in [-0.15, -0.1) is 0 Å². The number of aromatic nitrogens is 3. The quantitative estimate of drug-likeness (QED) is 0.355. The van der Waals surface area contributed by atoms with Gasteiger partial charge in [-0.3, -0.25) is 0 Å². The van der Waals surface area contributed by atoms with Crippen molar-refractivity contribution in [2.45, 2.75) is 12.4 Å². The van der Waals surface area contributed by atoms with Gasteiger partial charge in [0.05, 0.1) is 11.3 Å². The van der Waals surface area contributed by atoms with Crippen molar-refractivity contribution in [2.75, 3.05) is 5.73 Å². The number of hydrogen-bond donors (Lipinski definition) is 1. The summed E-state index contributed by atoms with van der Waals surface area (Å²) in [4.78, 5) is 11.8. The molecule has 0 aliphatic carbocycles. The number of nitrogen functional groups attached to an aromatic ring is 1. The minimum Gasteiger partial charge on any atom is -0.384 e. The Labute approximate surface area is 183 Å². The summed E-state index contributed by atoms with van der Waals surface area (Å²) < 4.78 is 79.9. The third-order valence-electron chi connectivity index (χ3n) is 4.74. The van der Waals surface area contributed by atoms with Crippen LogP contribution in [0.15, 0.2) is 72.9 Å². The maximum absolute atomic E-state index is 13.5. The first-order chi connectivity index (χ1) is 15.5. The summed E-state index contributed by atoms with van der Waals surface area (Å²) in [6, 6.07) is 14.3. The zero-order valence-corrected chi connectivity index (χ0v) is 16.6. The molecule has 10 heteroatoms. The van der Waals surface area contributed by atoms with Crippen molar-refractivity contribution in [1.29, 1.82) is 0 Å². The molecule has 0 radical (unpaired) electrons. The molecule has 2 aromatic carbocycles. The molecule has 33 heavy (non-hydrogen) atoms. The molecule has 0 fully saturated rings. The smallest absolute Gasteiger partial charge is 0.384 e. The number of rotatable bonds is 3. The van der Waals surface area contributed by atoms with Crippen molar-refractivity contribution in [1.82, 2.24) is 15.0 Å². The average molecular weight is 460 g/mol. The van der Waals surface area contributed by atoms with Gasteiger partial charge in [-0.25, -0.2) is 15.0 Å². The molecule has 0 spiro atoms. The monoisotopic (exact) mass is 460 g/mol. The molecule has 0 amide bonds. The van der Waals surface area contributed by atoms with Crippen LogP contribution in [0.2, 0.25) is 0 Å². The second-order valence-corrected chi connectivity index (χ2v) is 7.09. The normalized spacial score (nSPS) is 12.1. The van der Waals surface area contributed by atoms with E-state index in [1.54, 1.807) is 30.3 Å². The molecule has 4 rings (SSSR count). The molecule has 0 atom stereocenters. The van der Waals surface area contributed by atoms with Gasteiger partial charge in [0.2, 0.25) is 0 Å². The number of alkyl halides is 6. The first kappa shape index (κ1) is 22.3. The van der Waals surface area contributed by atoms with Crippen LogP contribution in [0.25, 0.3) is 33.8 Å². The van der Waals surface area contributed by atoms with E-state index in [4.69, 9.17) is 5.73 Å². The Morgan fingerprint density at radius 2 is 1.33 bits per heavy atom. The maximum atomic E-state index is 13.5. The summed E-state index contributed by atoms with van der Waals surface area (Å²) in [5.74, 6) is 0.0318. The van der Waals surface area contributed by atoms with E-state index >= 15 is 0 Å². The zero-order chi connectivity index (χ0) is 23.8. The Hall–Kier alpha value is -3.95. The Morgan fingerprint density at radius 3 is 2.00 bits per heavy atom. The van der Waals surface area contributed by atoms with E-state index in [2.05, 4.69) is 15.0 Å². The van der Waals surface area contributed by atoms with E-state index in [0.29, 0.717) is 23.0 Å². The molecular formula is C23H14F6N4. The van der Waals surface area contributed by atoms with E-state index in [-0.39, 0.29) is 22.6 Å². The van der Waals surface area contributed by atoms with Crippen LogP contribution in [-0.4, -0.2) is 15.0 Å². The lowest BCUT2D eigenvalue weighted by atomic mass is 10.0. The van der Waals surface area contributed by atoms with E-state index in [0.717, 1.165) is 18.2 Å². The van der Waals surface area contributed by atoms with Gasteiger partial charge in [-0.1, -0.05) is 30.3 Å². The highest BCUT2D eigenvalue weighted by Crippen LogP contribution is 2.35. The lowest BCUT2D eigenvalue weighted by Crippen LogP contribution is -2.10. The van der Waals surface area contributed by atoms with Gasteiger partial charge < -0.3 is 5.73 Å². The molecule has 0 bridgehead atoms. The van der Waals surface area contributed by atoms with E-state index in [9.17, 15) is 26.3 Å². The van der Waals surface area contributed by atoms with Gasteiger partial charge in [0.15, 0.2) is 5.82 Å². The highest BCUT2D eigenvalue weighted by atomic mass is 19.4. The average Bonchev–Trinajstić information content (AvgIpc) is 2.78. The minimum atomic E-state index is -4.83. The molecule has 2 heterocycles. The first-order valence-electron chi connectivity index (χ1n) is 9.47. The SMILES string of the molecule is Nc1ccc(-c2cccc(-c3nc(-c4cccc(C(F)(F)F)c4)cc(C(F)(F)F)n3)c2)cn1. The summed E-state index contributed by atoms with van der Waals surface area (Å²) in [7, 11) is 0. The fourth-order valence-corrected chi connectivity index (χ4v) is 3.14. The topological polar surface area (TPSA) is 64.7 Å². The van der Waals surface area contributed by atoms with Crippen molar-refractivity contribution in [2.24, 2.45) is 0 Å².